The van der Waals surface area contributed by atoms with Crippen LogP contribution in [-0.2, 0) is 20.3 Å². The minimum Gasteiger partial charge on any atom is -0.383 e. The number of hydrogen-bond donors (Lipinski definition) is 0. The first-order valence-electron chi connectivity index (χ1n) is 8.45. The Morgan fingerprint density at radius 2 is 2.08 bits per heavy atom. The van der Waals surface area contributed by atoms with Crippen LogP contribution in [-0.4, -0.2) is 56.9 Å². The zero-order valence-corrected chi connectivity index (χ0v) is 16.1. The number of likely N-dealkylation sites (tertiary alicyclic amines) is 1. The molecule has 2 aliphatic rings. The van der Waals surface area contributed by atoms with E-state index in [1.807, 2.05) is 23.6 Å². The molecule has 1 aromatic carbocycles. The predicted octanol–water partition coefficient (Wildman–Crippen LogP) is 2.14. The van der Waals surface area contributed by atoms with Gasteiger partial charge >= 0.3 is 0 Å². The van der Waals surface area contributed by atoms with E-state index in [-0.39, 0.29) is 12.5 Å². The largest absolute Gasteiger partial charge is 0.383 e. The van der Waals surface area contributed by atoms with Gasteiger partial charge in [0.05, 0.1) is 21.9 Å². The Labute approximate surface area is 157 Å². The molecule has 4 rings (SSSR count). The Morgan fingerprint density at radius 1 is 1.27 bits per heavy atom. The van der Waals surface area contributed by atoms with Crippen LogP contribution in [0.3, 0.4) is 0 Å². The summed E-state index contributed by atoms with van der Waals surface area (Å²) in [6.07, 6.45) is 0.587. The highest BCUT2D eigenvalue weighted by molar-refractivity contribution is 7.89. The number of carbonyl (C=O) groups excluding carboxylic acids is 1. The van der Waals surface area contributed by atoms with Crippen molar-refractivity contribution in [3.05, 3.63) is 52.2 Å². The van der Waals surface area contributed by atoms with Crippen molar-refractivity contribution < 1.29 is 17.9 Å². The first-order valence-corrected chi connectivity index (χ1v) is 10.8. The van der Waals surface area contributed by atoms with E-state index in [0.29, 0.717) is 35.9 Å². The number of thiophene rings is 1. The maximum absolute atomic E-state index is 13.1. The van der Waals surface area contributed by atoms with Crippen LogP contribution in [0.4, 0.5) is 0 Å². The summed E-state index contributed by atoms with van der Waals surface area (Å²) >= 11 is 1.41. The lowest BCUT2D eigenvalue weighted by atomic mass is 9.89. The standard InChI is InChI=1S/C18H20N2O4S2/c1-24-11-10-20-18(14-5-2-3-7-16(14)26(20,22)23)8-9-19(13-18)17(21)15-6-4-12-25-15/h2-7,12H,8-11,13H2,1H3. The van der Waals surface area contributed by atoms with Crippen molar-refractivity contribution in [2.75, 3.05) is 33.4 Å². The Balaban J connectivity index is 1.74. The van der Waals surface area contributed by atoms with Crippen molar-refractivity contribution in [2.45, 2.75) is 16.9 Å². The third-order valence-electron chi connectivity index (χ3n) is 5.20. The van der Waals surface area contributed by atoms with E-state index < -0.39 is 15.6 Å². The fourth-order valence-electron chi connectivity index (χ4n) is 4.01. The highest BCUT2D eigenvalue weighted by atomic mass is 32.2. The van der Waals surface area contributed by atoms with Crippen molar-refractivity contribution >= 4 is 27.3 Å². The Hall–Kier alpha value is -1.74. The molecule has 1 saturated heterocycles. The van der Waals surface area contributed by atoms with Crippen LogP contribution in [0.25, 0.3) is 0 Å². The average Bonchev–Trinajstić information content (AvgIpc) is 3.35. The molecular weight excluding hydrogens is 372 g/mol. The van der Waals surface area contributed by atoms with Gasteiger partial charge in [0.25, 0.3) is 5.91 Å². The third kappa shape index (κ3) is 2.51. The van der Waals surface area contributed by atoms with Gasteiger partial charge in [-0.2, -0.15) is 4.31 Å². The Kier molecular flexibility index (Phi) is 4.38. The van der Waals surface area contributed by atoms with E-state index in [1.54, 1.807) is 30.2 Å². The molecule has 1 unspecified atom stereocenters. The lowest BCUT2D eigenvalue weighted by Gasteiger charge is -2.33. The first kappa shape index (κ1) is 17.7. The molecular formula is C18H20N2O4S2. The summed E-state index contributed by atoms with van der Waals surface area (Å²) in [7, 11) is -2.04. The summed E-state index contributed by atoms with van der Waals surface area (Å²) in [6.45, 7) is 1.48. The van der Waals surface area contributed by atoms with E-state index >= 15 is 0 Å². The molecule has 1 amide bonds. The van der Waals surface area contributed by atoms with Crippen molar-refractivity contribution in [2.24, 2.45) is 0 Å². The molecule has 0 bridgehead atoms. The quantitative estimate of drug-likeness (QED) is 0.800. The van der Waals surface area contributed by atoms with Gasteiger partial charge in [0.1, 0.15) is 0 Å². The molecule has 138 valence electrons. The molecule has 1 fully saturated rings. The minimum atomic E-state index is -3.60. The van der Waals surface area contributed by atoms with Gasteiger partial charge in [0.15, 0.2) is 0 Å². The number of nitrogens with zero attached hydrogens (tertiary/aromatic N) is 2. The van der Waals surface area contributed by atoms with Gasteiger partial charge in [-0.05, 0) is 29.5 Å². The molecule has 6 nitrogen and oxygen atoms in total. The molecule has 1 spiro atoms. The fourth-order valence-corrected chi connectivity index (χ4v) is 6.75. The van der Waals surface area contributed by atoms with E-state index in [0.717, 1.165) is 5.56 Å². The third-order valence-corrected chi connectivity index (χ3v) is 8.08. The molecule has 8 heteroatoms. The van der Waals surface area contributed by atoms with Crippen molar-refractivity contribution in [1.82, 2.24) is 9.21 Å². The summed E-state index contributed by atoms with van der Waals surface area (Å²) in [5.74, 6) is -0.0367. The van der Waals surface area contributed by atoms with E-state index in [1.165, 1.54) is 15.6 Å². The summed E-state index contributed by atoms with van der Waals surface area (Å²) in [5, 5.41) is 1.87. The summed E-state index contributed by atoms with van der Waals surface area (Å²) in [5.41, 5.74) is 0.0820. The van der Waals surface area contributed by atoms with Crippen molar-refractivity contribution in [1.29, 1.82) is 0 Å². The van der Waals surface area contributed by atoms with Gasteiger partial charge in [-0.15, -0.1) is 11.3 Å². The second-order valence-corrected chi connectivity index (χ2v) is 9.33. The monoisotopic (exact) mass is 392 g/mol. The number of ether oxygens (including phenoxy) is 1. The summed E-state index contributed by atoms with van der Waals surface area (Å²) < 4.78 is 32.9. The maximum Gasteiger partial charge on any atom is 0.263 e. The molecule has 1 aromatic heterocycles. The first-order chi connectivity index (χ1) is 12.5. The SMILES string of the molecule is COCCN1C2(CCN(C(=O)c3cccs3)C2)c2ccccc2S1(=O)=O. The van der Waals surface area contributed by atoms with E-state index in [2.05, 4.69) is 0 Å². The average molecular weight is 393 g/mol. The number of carbonyl (C=O) groups is 1. The van der Waals surface area contributed by atoms with Crippen LogP contribution < -0.4 is 0 Å². The molecule has 1 atom stereocenters. The minimum absolute atomic E-state index is 0.0367. The van der Waals surface area contributed by atoms with Crippen LogP contribution in [0.2, 0.25) is 0 Å². The van der Waals surface area contributed by atoms with E-state index in [9.17, 15) is 13.2 Å². The fraction of sp³-hybridized carbons (Fsp3) is 0.389. The van der Waals surface area contributed by atoms with Crippen LogP contribution >= 0.6 is 11.3 Å². The van der Waals surface area contributed by atoms with Gasteiger partial charge in [0.2, 0.25) is 10.0 Å². The molecule has 0 saturated carbocycles. The topological polar surface area (TPSA) is 66.9 Å². The number of amides is 1. The smallest absolute Gasteiger partial charge is 0.263 e. The van der Waals surface area contributed by atoms with E-state index in [4.69, 9.17) is 4.74 Å². The van der Waals surface area contributed by atoms with Crippen molar-refractivity contribution in [3.8, 4) is 0 Å². The zero-order valence-electron chi connectivity index (χ0n) is 14.4. The second kappa shape index (κ2) is 6.45. The Morgan fingerprint density at radius 3 is 2.81 bits per heavy atom. The number of fused-ring (bicyclic) bond motifs is 2. The molecule has 26 heavy (non-hydrogen) atoms. The van der Waals surface area contributed by atoms with Crippen LogP contribution in [0, 0.1) is 0 Å². The number of rotatable bonds is 4. The lowest BCUT2D eigenvalue weighted by molar-refractivity contribution is 0.0759. The number of methoxy groups -OCH3 is 1. The van der Waals surface area contributed by atoms with Gasteiger partial charge in [-0.25, -0.2) is 8.42 Å². The van der Waals surface area contributed by atoms with Gasteiger partial charge in [0, 0.05) is 26.7 Å². The van der Waals surface area contributed by atoms with Gasteiger partial charge in [-0.3, -0.25) is 4.79 Å². The normalized spacial score (nSPS) is 24.3. The number of hydrogen-bond acceptors (Lipinski definition) is 5. The number of benzene rings is 1. The van der Waals surface area contributed by atoms with Crippen LogP contribution in [0.5, 0.6) is 0 Å². The summed E-state index contributed by atoms with van der Waals surface area (Å²) in [6, 6.07) is 10.8. The molecule has 2 aromatic rings. The molecule has 0 N–H and O–H groups in total. The van der Waals surface area contributed by atoms with Crippen LogP contribution in [0.1, 0.15) is 21.7 Å². The molecule has 2 aliphatic heterocycles. The molecule has 0 radical (unpaired) electrons. The highest BCUT2D eigenvalue weighted by Gasteiger charge is 2.57. The molecule has 3 heterocycles. The molecule has 0 aliphatic carbocycles. The second-order valence-electron chi connectivity index (χ2n) is 6.55. The summed E-state index contributed by atoms with van der Waals surface area (Å²) in [4.78, 5) is 15.6. The van der Waals surface area contributed by atoms with Gasteiger partial charge < -0.3 is 9.64 Å². The van der Waals surface area contributed by atoms with Crippen LogP contribution in [0.15, 0.2) is 46.7 Å². The van der Waals surface area contributed by atoms with Crippen molar-refractivity contribution in [3.63, 3.8) is 0 Å². The predicted molar refractivity (Wildman–Crippen MR) is 98.7 cm³/mol. The number of sulfonamides is 1. The zero-order chi connectivity index (χ0) is 18.4. The lowest BCUT2D eigenvalue weighted by Crippen LogP contribution is -2.47. The maximum atomic E-state index is 13.1. The van der Waals surface area contributed by atoms with Gasteiger partial charge in [-0.1, -0.05) is 24.3 Å². The Bertz CT molecular complexity index is 926. The highest BCUT2D eigenvalue weighted by Crippen LogP contribution is 2.49.